The molecule has 1 atom stereocenters. The van der Waals surface area contributed by atoms with Crippen molar-refractivity contribution in [2.45, 2.75) is 322 Å². The van der Waals surface area contributed by atoms with Crippen LogP contribution in [0.15, 0.2) is 109 Å². The van der Waals surface area contributed by atoms with Gasteiger partial charge in [0.05, 0.1) is 6.42 Å². The fourth-order valence-corrected chi connectivity index (χ4v) is 9.35. The quantitative estimate of drug-likeness (QED) is 0.0261. The maximum absolute atomic E-state index is 12.8. The van der Waals surface area contributed by atoms with Gasteiger partial charge in [0, 0.05) is 12.8 Å². The average Bonchev–Trinajstić information content (AvgIpc) is 3.45. The molecule has 0 fully saturated rings. The number of carbonyl (C=O) groups is 3. The lowest BCUT2D eigenvalue weighted by molar-refractivity contribution is -0.166. The van der Waals surface area contributed by atoms with Crippen molar-refractivity contribution in [1.29, 1.82) is 0 Å². The molecule has 79 heavy (non-hydrogen) atoms. The number of unbranched alkanes of at least 4 members (excludes halogenated alkanes) is 32. The minimum atomic E-state index is -0.841. The normalized spacial score (nSPS) is 12.8. The van der Waals surface area contributed by atoms with Crippen LogP contribution >= 0.6 is 0 Å². The van der Waals surface area contributed by atoms with Crippen LogP contribution in [0.25, 0.3) is 0 Å². The highest BCUT2D eigenvalue weighted by atomic mass is 16.6. The van der Waals surface area contributed by atoms with E-state index in [0.717, 1.165) is 103 Å². The zero-order valence-corrected chi connectivity index (χ0v) is 51.9. The second kappa shape index (κ2) is 66.6. The summed E-state index contributed by atoms with van der Waals surface area (Å²) in [5.41, 5.74) is 0. The average molecular weight is 1100 g/mol. The predicted molar refractivity (Wildman–Crippen MR) is 343 cm³/mol. The van der Waals surface area contributed by atoms with E-state index >= 15 is 0 Å². The van der Waals surface area contributed by atoms with Crippen LogP contribution in [0.3, 0.4) is 0 Å². The number of hydrogen-bond acceptors (Lipinski definition) is 6. The van der Waals surface area contributed by atoms with Crippen molar-refractivity contribution in [1.82, 2.24) is 0 Å². The highest BCUT2D eigenvalue weighted by Gasteiger charge is 2.19. The van der Waals surface area contributed by atoms with Gasteiger partial charge in [-0.25, -0.2) is 0 Å². The molecule has 452 valence electrons. The molecular formula is C73H124O6. The van der Waals surface area contributed by atoms with Gasteiger partial charge < -0.3 is 14.2 Å². The van der Waals surface area contributed by atoms with Crippen LogP contribution in [0.2, 0.25) is 0 Å². The van der Waals surface area contributed by atoms with Gasteiger partial charge >= 0.3 is 17.9 Å². The lowest BCUT2D eigenvalue weighted by Crippen LogP contribution is -2.30. The van der Waals surface area contributed by atoms with Gasteiger partial charge in [0.25, 0.3) is 0 Å². The summed E-state index contributed by atoms with van der Waals surface area (Å²) in [6, 6.07) is 0. The van der Waals surface area contributed by atoms with E-state index in [1.54, 1.807) is 6.08 Å². The molecular weight excluding hydrogens is 973 g/mol. The Hall–Kier alpha value is -3.93. The Balaban J connectivity index is 4.25. The summed E-state index contributed by atoms with van der Waals surface area (Å²) in [7, 11) is 0. The van der Waals surface area contributed by atoms with Crippen LogP contribution < -0.4 is 0 Å². The summed E-state index contributed by atoms with van der Waals surface area (Å²) in [5.74, 6) is -1.06. The summed E-state index contributed by atoms with van der Waals surface area (Å²) in [5, 5.41) is 0. The molecule has 1 unspecified atom stereocenters. The summed E-state index contributed by atoms with van der Waals surface area (Å²) in [6.07, 6.45) is 91.6. The third-order valence-electron chi connectivity index (χ3n) is 14.3. The van der Waals surface area contributed by atoms with Gasteiger partial charge in [-0.1, -0.05) is 304 Å². The molecule has 0 aliphatic carbocycles. The minimum Gasteiger partial charge on any atom is -0.462 e. The number of allylic oxidation sites excluding steroid dienone is 17. The molecule has 0 N–H and O–H groups in total. The largest absolute Gasteiger partial charge is 0.462 e. The molecule has 0 rings (SSSR count). The van der Waals surface area contributed by atoms with E-state index in [2.05, 4.69) is 118 Å². The van der Waals surface area contributed by atoms with E-state index in [4.69, 9.17) is 14.2 Å². The predicted octanol–water partition coefficient (Wildman–Crippen LogP) is 23.0. The molecule has 0 aliphatic rings. The molecule has 0 saturated carbocycles. The summed E-state index contributed by atoms with van der Waals surface area (Å²) in [6.45, 7) is 6.34. The molecule has 0 aromatic heterocycles. The van der Waals surface area contributed by atoms with Crippen molar-refractivity contribution in [3.63, 3.8) is 0 Å². The van der Waals surface area contributed by atoms with E-state index in [-0.39, 0.29) is 31.6 Å². The molecule has 0 heterocycles. The van der Waals surface area contributed by atoms with E-state index in [1.807, 2.05) is 6.08 Å². The lowest BCUT2D eigenvalue weighted by atomic mass is 10.0. The molecule has 0 bridgehead atoms. The van der Waals surface area contributed by atoms with Crippen molar-refractivity contribution in [3.8, 4) is 0 Å². The zero-order valence-electron chi connectivity index (χ0n) is 51.9. The minimum absolute atomic E-state index is 0.0915. The first kappa shape index (κ1) is 75.1. The maximum Gasteiger partial charge on any atom is 0.310 e. The standard InChI is InChI=1S/C73H124O6/c1-4-7-10-13-16-19-22-25-28-29-30-31-32-33-34-35-36-37-38-39-40-41-42-43-46-48-51-54-57-60-63-66-72(75)78-69-70(79-73(76)67-64-61-58-55-52-49-45-27-24-21-18-15-12-9-6-3)68-77-71(74)65-62-59-56-53-50-47-44-26-23-20-17-14-11-8-5-2/h8-9,11-12,17-18,20-21,26-27,29-30,44-45,52,55,61,64,70H,4-7,10,13-16,19,22-25,28,31-43,46-51,53-54,56-60,62-63,65-69H2,1-3H3/b11-8-,12-9-,20-17-,21-18-,30-29-,44-26-,45-27-,55-52-,64-61-. The molecule has 6 nitrogen and oxygen atoms in total. The molecule has 0 saturated heterocycles. The lowest BCUT2D eigenvalue weighted by Gasteiger charge is -2.18. The first-order valence-corrected chi connectivity index (χ1v) is 33.4. The van der Waals surface area contributed by atoms with Crippen LogP contribution in [0.4, 0.5) is 0 Å². The first-order valence-electron chi connectivity index (χ1n) is 33.4. The fourth-order valence-electron chi connectivity index (χ4n) is 9.35. The van der Waals surface area contributed by atoms with E-state index in [9.17, 15) is 14.4 Å². The second-order valence-corrected chi connectivity index (χ2v) is 22.0. The van der Waals surface area contributed by atoms with Crippen molar-refractivity contribution in [2.24, 2.45) is 0 Å². The van der Waals surface area contributed by atoms with Gasteiger partial charge in [-0.05, 0) is 103 Å². The number of rotatable bonds is 60. The van der Waals surface area contributed by atoms with Crippen molar-refractivity contribution >= 4 is 17.9 Å². The second-order valence-electron chi connectivity index (χ2n) is 22.0. The molecule has 0 aromatic rings. The maximum atomic E-state index is 12.8. The Morgan fingerprint density at radius 1 is 0.278 bits per heavy atom. The Labute approximate surface area is 489 Å². The first-order chi connectivity index (χ1) is 39.0. The zero-order chi connectivity index (χ0) is 57.1. The number of esters is 3. The van der Waals surface area contributed by atoms with Crippen LogP contribution in [-0.4, -0.2) is 37.2 Å². The molecule has 0 aliphatic heterocycles. The molecule has 0 amide bonds. The van der Waals surface area contributed by atoms with Crippen LogP contribution in [0.5, 0.6) is 0 Å². The van der Waals surface area contributed by atoms with Gasteiger partial charge in [0.1, 0.15) is 13.2 Å². The van der Waals surface area contributed by atoms with Crippen LogP contribution in [-0.2, 0) is 28.6 Å². The van der Waals surface area contributed by atoms with Crippen molar-refractivity contribution < 1.29 is 28.6 Å². The Morgan fingerprint density at radius 3 is 0.848 bits per heavy atom. The Morgan fingerprint density at radius 2 is 0.532 bits per heavy atom. The highest BCUT2D eigenvalue weighted by Crippen LogP contribution is 2.17. The Bertz CT molecular complexity index is 1590. The molecule has 0 spiro atoms. The van der Waals surface area contributed by atoms with Gasteiger partial charge in [-0.3, -0.25) is 14.4 Å². The van der Waals surface area contributed by atoms with Gasteiger partial charge in [0.2, 0.25) is 0 Å². The van der Waals surface area contributed by atoms with Gasteiger partial charge in [-0.15, -0.1) is 0 Å². The summed E-state index contributed by atoms with van der Waals surface area (Å²) >= 11 is 0. The van der Waals surface area contributed by atoms with E-state index < -0.39 is 12.1 Å². The smallest absolute Gasteiger partial charge is 0.310 e. The summed E-state index contributed by atoms with van der Waals surface area (Å²) < 4.78 is 16.8. The van der Waals surface area contributed by atoms with E-state index in [1.165, 1.54) is 167 Å². The van der Waals surface area contributed by atoms with Crippen molar-refractivity contribution in [3.05, 3.63) is 109 Å². The Kier molecular flexibility index (Phi) is 63.3. The van der Waals surface area contributed by atoms with Crippen LogP contribution in [0, 0.1) is 0 Å². The number of hydrogen-bond donors (Lipinski definition) is 0. The molecule has 6 heteroatoms. The number of ether oxygens (including phenoxy) is 3. The fraction of sp³-hybridized carbons (Fsp3) is 0.712. The SMILES string of the molecule is CC/C=C\C/C=C\C/C=C\C/C=C\C/C=C\CC(=O)OC(COC(=O)CCCCCCC/C=C\C/C=C\C/C=C\CC)COC(=O)CCCCCCCCCCCCCCCCCCCCC/C=C\CCCCCCCCCC. The number of carbonyl (C=O) groups excluding carboxylic acids is 3. The van der Waals surface area contributed by atoms with Gasteiger partial charge in [0.15, 0.2) is 6.10 Å². The van der Waals surface area contributed by atoms with Crippen molar-refractivity contribution in [2.75, 3.05) is 13.2 Å². The highest BCUT2D eigenvalue weighted by molar-refractivity contribution is 5.72. The third-order valence-corrected chi connectivity index (χ3v) is 14.3. The molecule has 0 radical (unpaired) electrons. The topological polar surface area (TPSA) is 78.9 Å². The third kappa shape index (κ3) is 64.8. The van der Waals surface area contributed by atoms with E-state index in [0.29, 0.717) is 19.3 Å². The van der Waals surface area contributed by atoms with Gasteiger partial charge in [-0.2, -0.15) is 0 Å². The summed E-state index contributed by atoms with van der Waals surface area (Å²) in [4.78, 5) is 38.2. The van der Waals surface area contributed by atoms with Crippen LogP contribution in [0.1, 0.15) is 316 Å². The monoisotopic (exact) mass is 1100 g/mol. The molecule has 0 aromatic carbocycles.